The van der Waals surface area contributed by atoms with Crippen LogP contribution >= 0.6 is 0 Å². The van der Waals surface area contributed by atoms with Gasteiger partial charge in [-0.25, -0.2) is 4.98 Å². The molecule has 1 aliphatic heterocycles. The molecule has 0 fully saturated rings. The van der Waals surface area contributed by atoms with Crippen LogP contribution in [0, 0.1) is 0 Å². The Hall–Kier alpha value is -8.47. The molecule has 10 aromatic carbocycles. The first-order valence-corrected chi connectivity index (χ1v) is 21.4. The van der Waals surface area contributed by atoms with Gasteiger partial charge in [-0.05, 0) is 124 Å². The van der Waals surface area contributed by atoms with E-state index in [9.17, 15) is 0 Å². The van der Waals surface area contributed by atoms with E-state index in [1.54, 1.807) is 0 Å². The van der Waals surface area contributed by atoms with Gasteiger partial charge >= 0.3 is 0 Å². The fourth-order valence-electron chi connectivity index (χ4n) is 9.40. The third-order valence-corrected chi connectivity index (χ3v) is 12.3. The molecule has 0 amide bonds. The minimum atomic E-state index is 0.855. The first-order chi connectivity index (χ1) is 31.2. The highest BCUT2D eigenvalue weighted by molar-refractivity contribution is 6.18. The molecule has 0 radical (unpaired) electrons. The fourth-order valence-corrected chi connectivity index (χ4v) is 9.40. The molecule has 0 unspecified atom stereocenters. The van der Waals surface area contributed by atoms with Crippen molar-refractivity contribution in [2.24, 2.45) is 0 Å². The zero-order chi connectivity index (χ0) is 41.7. The topological polar surface area (TPSA) is 22.6 Å². The van der Waals surface area contributed by atoms with Crippen LogP contribution in [0.2, 0.25) is 0 Å². The molecule has 1 aromatic heterocycles. The van der Waals surface area contributed by atoms with Crippen molar-refractivity contribution in [1.29, 1.82) is 0 Å². The molecule has 12 rings (SSSR count). The molecule has 4 nitrogen and oxygen atoms in total. The van der Waals surface area contributed by atoms with Gasteiger partial charge in [0.15, 0.2) is 0 Å². The summed E-state index contributed by atoms with van der Waals surface area (Å²) in [4.78, 5) is 12.2. The molecule has 0 atom stereocenters. The van der Waals surface area contributed by atoms with Crippen LogP contribution in [0.25, 0.3) is 54.6 Å². The van der Waals surface area contributed by atoms with Crippen LogP contribution < -0.4 is 14.7 Å². The van der Waals surface area contributed by atoms with Crippen molar-refractivity contribution < 1.29 is 0 Å². The molecular weight excluding hydrogens is 765 g/mol. The van der Waals surface area contributed by atoms with E-state index in [1.807, 2.05) is 6.20 Å². The number of fused-ring (bicyclic) bond motifs is 4. The van der Waals surface area contributed by atoms with Gasteiger partial charge in [0, 0.05) is 56.5 Å². The van der Waals surface area contributed by atoms with Crippen LogP contribution in [-0.2, 0) is 0 Å². The molecule has 0 N–H and O–H groups in total. The van der Waals surface area contributed by atoms with E-state index >= 15 is 0 Å². The second-order valence-corrected chi connectivity index (χ2v) is 16.0. The van der Waals surface area contributed by atoms with Gasteiger partial charge in [-0.3, -0.25) is 4.90 Å². The molecular formula is C59H40N4. The lowest BCUT2D eigenvalue weighted by Crippen LogP contribution is -2.16. The van der Waals surface area contributed by atoms with E-state index < -0.39 is 0 Å². The van der Waals surface area contributed by atoms with Crippen LogP contribution in [0.4, 0.5) is 51.3 Å². The second kappa shape index (κ2) is 15.2. The Bertz CT molecular complexity index is 3460. The van der Waals surface area contributed by atoms with Crippen LogP contribution in [0.5, 0.6) is 0 Å². The fraction of sp³-hybridized carbons (Fsp3) is 0. The smallest absolute Gasteiger partial charge is 0.137 e. The highest BCUT2D eigenvalue weighted by Gasteiger charge is 2.29. The van der Waals surface area contributed by atoms with Gasteiger partial charge in [0.2, 0.25) is 0 Å². The second-order valence-electron chi connectivity index (χ2n) is 16.0. The Morgan fingerprint density at radius 1 is 0.349 bits per heavy atom. The van der Waals surface area contributed by atoms with E-state index in [0.717, 1.165) is 62.4 Å². The standard InChI is InChI=1S/C59H40N4/c1-4-19-47(20-5-1)61(50-31-27-41-15-10-12-17-43(41)37-50)55-35-34-53-52-33-29-45(39-57(52)63(49-23-8-3-9-24-49)56-26-14-25-54(55)59(53)56)46-30-36-58(60-40-46)62(48-21-6-2-7-22-48)51-32-28-42-16-11-13-18-44(42)38-51/h1-40H. The van der Waals surface area contributed by atoms with Crippen molar-refractivity contribution >= 4 is 83.6 Å². The Kier molecular flexibility index (Phi) is 8.79. The number of hydrogen-bond donors (Lipinski definition) is 0. The lowest BCUT2D eigenvalue weighted by molar-refractivity contribution is 1.18. The predicted octanol–water partition coefficient (Wildman–Crippen LogP) is 16.6. The highest BCUT2D eigenvalue weighted by Crippen LogP contribution is 2.54. The van der Waals surface area contributed by atoms with Gasteiger partial charge in [0.1, 0.15) is 5.82 Å². The summed E-state index contributed by atoms with van der Waals surface area (Å²) in [6.45, 7) is 0. The molecule has 2 heterocycles. The summed E-state index contributed by atoms with van der Waals surface area (Å²) < 4.78 is 0. The summed E-state index contributed by atoms with van der Waals surface area (Å²) in [6.07, 6.45) is 2.01. The van der Waals surface area contributed by atoms with Gasteiger partial charge < -0.3 is 9.80 Å². The monoisotopic (exact) mass is 804 g/mol. The Morgan fingerprint density at radius 2 is 0.921 bits per heavy atom. The van der Waals surface area contributed by atoms with E-state index in [-0.39, 0.29) is 0 Å². The third-order valence-electron chi connectivity index (χ3n) is 12.3. The molecule has 11 aromatic rings. The quantitative estimate of drug-likeness (QED) is 0.153. The molecule has 0 bridgehead atoms. The normalized spacial score (nSPS) is 11.8. The van der Waals surface area contributed by atoms with Crippen LogP contribution in [0.3, 0.4) is 0 Å². The largest absolute Gasteiger partial charge is 0.310 e. The van der Waals surface area contributed by atoms with Gasteiger partial charge in [-0.1, -0.05) is 146 Å². The van der Waals surface area contributed by atoms with Crippen molar-refractivity contribution in [2.75, 3.05) is 14.7 Å². The van der Waals surface area contributed by atoms with E-state index in [4.69, 9.17) is 4.98 Å². The summed E-state index contributed by atoms with van der Waals surface area (Å²) in [5.74, 6) is 0.855. The van der Waals surface area contributed by atoms with E-state index in [1.165, 1.54) is 43.4 Å². The SMILES string of the molecule is c1ccc(N(c2ccc3ccccc3c2)c2ccc(-c3ccc4c(c3)N(c3ccccc3)c3cccc5c(N(c6ccccc6)c6ccc7ccccc7c6)ccc-4c35)cn2)cc1. The van der Waals surface area contributed by atoms with Crippen molar-refractivity contribution in [1.82, 2.24) is 4.98 Å². The third kappa shape index (κ3) is 6.36. The van der Waals surface area contributed by atoms with Crippen LogP contribution in [-0.4, -0.2) is 4.98 Å². The minimum absolute atomic E-state index is 0.855. The molecule has 0 saturated heterocycles. The molecule has 1 aliphatic rings. The van der Waals surface area contributed by atoms with Crippen molar-refractivity contribution in [3.8, 4) is 22.3 Å². The average Bonchev–Trinajstić information content (AvgIpc) is 3.36. The zero-order valence-corrected chi connectivity index (χ0v) is 34.4. The van der Waals surface area contributed by atoms with Gasteiger partial charge in [-0.15, -0.1) is 0 Å². The number of anilines is 9. The first-order valence-electron chi connectivity index (χ1n) is 21.4. The molecule has 0 saturated carbocycles. The van der Waals surface area contributed by atoms with E-state index in [2.05, 4.69) is 251 Å². The number of aromatic nitrogens is 1. The summed E-state index contributed by atoms with van der Waals surface area (Å²) in [5.41, 5.74) is 13.4. The van der Waals surface area contributed by atoms with Gasteiger partial charge in [-0.2, -0.15) is 0 Å². The van der Waals surface area contributed by atoms with Crippen LogP contribution in [0.15, 0.2) is 243 Å². The maximum atomic E-state index is 5.15. The lowest BCUT2D eigenvalue weighted by atomic mass is 9.88. The number of benzene rings is 10. The lowest BCUT2D eigenvalue weighted by Gasteiger charge is -2.35. The summed E-state index contributed by atoms with van der Waals surface area (Å²) in [7, 11) is 0. The maximum Gasteiger partial charge on any atom is 0.137 e. The molecule has 4 heteroatoms. The number of rotatable bonds is 8. The predicted molar refractivity (Wildman–Crippen MR) is 265 cm³/mol. The van der Waals surface area contributed by atoms with Gasteiger partial charge in [0.25, 0.3) is 0 Å². The molecule has 0 spiro atoms. The first kappa shape index (κ1) is 36.4. The highest BCUT2D eigenvalue weighted by atomic mass is 15.2. The minimum Gasteiger partial charge on any atom is -0.310 e. The molecule has 63 heavy (non-hydrogen) atoms. The molecule has 296 valence electrons. The van der Waals surface area contributed by atoms with Crippen molar-refractivity contribution in [3.05, 3.63) is 243 Å². The number of para-hydroxylation sites is 3. The van der Waals surface area contributed by atoms with Crippen molar-refractivity contribution in [2.45, 2.75) is 0 Å². The average molecular weight is 805 g/mol. The zero-order valence-electron chi connectivity index (χ0n) is 34.4. The Morgan fingerprint density at radius 3 is 1.57 bits per heavy atom. The number of nitrogens with zero attached hydrogens (tertiary/aromatic N) is 4. The van der Waals surface area contributed by atoms with E-state index in [0.29, 0.717) is 0 Å². The number of hydrogen-bond acceptors (Lipinski definition) is 4. The number of pyridine rings is 1. The Labute approximate surface area is 366 Å². The van der Waals surface area contributed by atoms with Crippen molar-refractivity contribution in [3.63, 3.8) is 0 Å². The van der Waals surface area contributed by atoms with Gasteiger partial charge in [0.05, 0.1) is 17.1 Å². The summed E-state index contributed by atoms with van der Waals surface area (Å²) in [6, 6.07) is 84.9. The maximum absolute atomic E-state index is 5.15. The van der Waals surface area contributed by atoms with Crippen LogP contribution in [0.1, 0.15) is 0 Å². The summed E-state index contributed by atoms with van der Waals surface area (Å²) in [5, 5.41) is 7.25. The molecule has 0 aliphatic carbocycles. The Balaban J connectivity index is 0.987. The summed E-state index contributed by atoms with van der Waals surface area (Å²) >= 11 is 0.